The van der Waals surface area contributed by atoms with E-state index in [4.69, 9.17) is 25.8 Å². The number of anilines is 1. The Morgan fingerprint density at radius 3 is 2.57 bits per heavy atom. The number of benzene rings is 3. The Balaban J connectivity index is 1.73. The molecule has 1 atom stereocenters. The van der Waals surface area contributed by atoms with Gasteiger partial charge in [-0.2, -0.15) is 0 Å². The molecule has 0 aromatic heterocycles. The second-order valence-electron chi connectivity index (χ2n) is 8.62. The summed E-state index contributed by atoms with van der Waals surface area (Å²) in [6, 6.07) is 13.4. The number of halogens is 1. The fourth-order valence-corrected chi connectivity index (χ4v) is 4.72. The predicted octanol–water partition coefficient (Wildman–Crippen LogP) is 5.15. The maximum Gasteiger partial charge on any atom is 0.300 e. The largest absolute Gasteiger partial charge is 0.507 e. The SMILES string of the molecule is CCOc1cc(C2/C(=C(\O)c3ccc4c(c3)OCCO4)C(=O)C(=O)N2c2cc(Cl)ccc2C)ccc1O. The summed E-state index contributed by atoms with van der Waals surface area (Å²) in [6.45, 7) is 4.62. The molecular formula is C28H24ClNO7. The number of hydrogen-bond donors (Lipinski definition) is 2. The summed E-state index contributed by atoms with van der Waals surface area (Å²) >= 11 is 6.26. The van der Waals surface area contributed by atoms with Gasteiger partial charge in [0.15, 0.2) is 23.0 Å². The third-order valence-electron chi connectivity index (χ3n) is 6.29. The van der Waals surface area contributed by atoms with E-state index in [1.54, 1.807) is 62.4 Å². The van der Waals surface area contributed by atoms with Crippen molar-refractivity contribution in [1.82, 2.24) is 0 Å². The van der Waals surface area contributed by atoms with E-state index >= 15 is 0 Å². The first-order chi connectivity index (χ1) is 17.8. The number of ketones is 1. The molecule has 0 bridgehead atoms. The molecule has 5 rings (SSSR count). The van der Waals surface area contributed by atoms with Gasteiger partial charge < -0.3 is 24.4 Å². The lowest BCUT2D eigenvalue weighted by Crippen LogP contribution is -2.30. The van der Waals surface area contributed by atoms with Gasteiger partial charge in [-0.1, -0.05) is 23.7 Å². The Bertz CT molecular complexity index is 1450. The molecule has 37 heavy (non-hydrogen) atoms. The van der Waals surface area contributed by atoms with Crippen LogP contribution in [0.2, 0.25) is 5.02 Å². The summed E-state index contributed by atoms with van der Waals surface area (Å²) in [6.07, 6.45) is 0. The van der Waals surface area contributed by atoms with Crippen LogP contribution in [0.1, 0.15) is 29.7 Å². The average Bonchev–Trinajstić information content (AvgIpc) is 3.16. The summed E-state index contributed by atoms with van der Waals surface area (Å²) in [4.78, 5) is 28.3. The van der Waals surface area contributed by atoms with Crippen LogP contribution in [-0.2, 0) is 9.59 Å². The van der Waals surface area contributed by atoms with Gasteiger partial charge >= 0.3 is 0 Å². The molecule has 1 fully saturated rings. The topological polar surface area (TPSA) is 106 Å². The Morgan fingerprint density at radius 2 is 1.81 bits per heavy atom. The molecule has 3 aromatic rings. The number of aliphatic hydroxyl groups is 1. The number of aryl methyl sites for hydroxylation is 1. The van der Waals surface area contributed by atoms with Gasteiger partial charge in [0, 0.05) is 16.3 Å². The zero-order chi connectivity index (χ0) is 26.3. The molecule has 1 unspecified atom stereocenters. The molecule has 0 aliphatic carbocycles. The van der Waals surface area contributed by atoms with Crippen LogP contribution in [0.25, 0.3) is 5.76 Å². The van der Waals surface area contributed by atoms with Gasteiger partial charge in [-0.25, -0.2) is 0 Å². The number of phenolic OH excluding ortho intramolecular Hbond substituents is 1. The van der Waals surface area contributed by atoms with Crippen LogP contribution in [-0.4, -0.2) is 41.7 Å². The lowest BCUT2D eigenvalue weighted by atomic mass is 9.94. The van der Waals surface area contributed by atoms with Crippen LogP contribution in [0, 0.1) is 6.92 Å². The number of phenols is 1. The van der Waals surface area contributed by atoms with Crippen LogP contribution < -0.4 is 19.1 Å². The minimum atomic E-state index is -1.02. The lowest BCUT2D eigenvalue weighted by molar-refractivity contribution is -0.132. The standard InChI is InChI=1S/C28H24ClNO7/c1-3-35-22-12-16(5-8-20(22)31)25-24(26(32)17-6-9-21-23(13-17)37-11-10-36-21)27(33)28(34)30(25)19-14-18(29)7-4-15(19)2/h4-9,12-14,25,31-32H,3,10-11H2,1-2H3/b26-24+. The van der Waals surface area contributed by atoms with Crippen molar-refractivity contribution in [2.75, 3.05) is 24.7 Å². The first-order valence-electron chi connectivity index (χ1n) is 11.7. The Kier molecular flexibility index (Phi) is 6.43. The predicted molar refractivity (Wildman–Crippen MR) is 138 cm³/mol. The van der Waals surface area contributed by atoms with Gasteiger partial charge in [0.25, 0.3) is 11.7 Å². The molecule has 2 heterocycles. The van der Waals surface area contributed by atoms with Crippen molar-refractivity contribution in [3.05, 3.63) is 81.9 Å². The molecular weight excluding hydrogens is 498 g/mol. The molecule has 190 valence electrons. The number of carbonyl (C=O) groups excluding carboxylic acids is 2. The zero-order valence-electron chi connectivity index (χ0n) is 20.2. The highest BCUT2D eigenvalue weighted by atomic mass is 35.5. The summed E-state index contributed by atoms with van der Waals surface area (Å²) in [5, 5.41) is 22.1. The molecule has 3 aromatic carbocycles. The van der Waals surface area contributed by atoms with E-state index < -0.39 is 17.7 Å². The van der Waals surface area contributed by atoms with Crippen molar-refractivity contribution >= 4 is 34.7 Å². The van der Waals surface area contributed by atoms with Crippen molar-refractivity contribution in [2.45, 2.75) is 19.9 Å². The number of nitrogens with zero attached hydrogens (tertiary/aromatic N) is 1. The second kappa shape index (κ2) is 9.71. The third kappa shape index (κ3) is 4.34. The summed E-state index contributed by atoms with van der Waals surface area (Å²) in [5.74, 6) is -0.998. The van der Waals surface area contributed by atoms with Crippen LogP contribution in [0.4, 0.5) is 5.69 Å². The van der Waals surface area contributed by atoms with Crippen molar-refractivity contribution < 1.29 is 34.0 Å². The molecule has 1 amide bonds. The highest BCUT2D eigenvalue weighted by Gasteiger charge is 2.47. The van der Waals surface area contributed by atoms with Gasteiger partial charge in [0.2, 0.25) is 0 Å². The molecule has 0 saturated carbocycles. The van der Waals surface area contributed by atoms with Gasteiger partial charge in [-0.05, 0) is 67.4 Å². The van der Waals surface area contributed by atoms with Crippen molar-refractivity contribution in [3.63, 3.8) is 0 Å². The van der Waals surface area contributed by atoms with Gasteiger partial charge in [0.05, 0.1) is 18.2 Å². The highest BCUT2D eigenvalue weighted by Crippen LogP contribution is 2.46. The maximum atomic E-state index is 13.5. The first kappa shape index (κ1) is 24.5. The number of hydrogen-bond acceptors (Lipinski definition) is 7. The molecule has 1 saturated heterocycles. The molecule has 0 radical (unpaired) electrons. The quantitative estimate of drug-likeness (QED) is 0.272. The number of ether oxygens (including phenoxy) is 3. The number of aromatic hydroxyl groups is 1. The number of carbonyl (C=O) groups is 2. The van der Waals surface area contributed by atoms with Gasteiger partial charge in [-0.3, -0.25) is 14.5 Å². The van der Waals surface area contributed by atoms with Crippen molar-refractivity contribution in [3.8, 4) is 23.0 Å². The van der Waals surface area contributed by atoms with Crippen LogP contribution in [0.5, 0.6) is 23.0 Å². The summed E-state index contributed by atoms with van der Waals surface area (Å²) < 4.78 is 16.7. The number of Topliss-reactive ketones (excluding diaryl/α,β-unsaturated/α-hetero) is 1. The van der Waals surface area contributed by atoms with Crippen molar-refractivity contribution in [1.29, 1.82) is 0 Å². The monoisotopic (exact) mass is 521 g/mol. The van der Waals surface area contributed by atoms with Gasteiger partial charge in [0.1, 0.15) is 19.0 Å². The zero-order valence-corrected chi connectivity index (χ0v) is 20.9. The average molecular weight is 522 g/mol. The fourth-order valence-electron chi connectivity index (χ4n) is 4.56. The Labute approximate surface area is 218 Å². The number of amides is 1. The van der Waals surface area contributed by atoms with E-state index in [1.807, 2.05) is 0 Å². The van der Waals surface area contributed by atoms with Crippen LogP contribution in [0.3, 0.4) is 0 Å². The molecule has 2 N–H and O–H groups in total. The van der Waals surface area contributed by atoms with E-state index in [0.717, 1.165) is 0 Å². The minimum Gasteiger partial charge on any atom is -0.507 e. The molecule has 8 nitrogen and oxygen atoms in total. The lowest BCUT2D eigenvalue weighted by Gasteiger charge is -2.27. The number of fused-ring (bicyclic) bond motifs is 1. The molecule has 0 spiro atoms. The maximum absolute atomic E-state index is 13.5. The van der Waals surface area contributed by atoms with Crippen LogP contribution >= 0.6 is 11.6 Å². The van der Waals surface area contributed by atoms with E-state index in [2.05, 4.69) is 0 Å². The van der Waals surface area contributed by atoms with E-state index in [9.17, 15) is 19.8 Å². The van der Waals surface area contributed by atoms with Crippen LogP contribution in [0.15, 0.2) is 60.2 Å². The van der Waals surface area contributed by atoms with E-state index in [1.165, 1.54) is 11.0 Å². The number of aliphatic hydroxyl groups excluding tert-OH is 1. The summed E-state index contributed by atoms with van der Waals surface area (Å²) in [5.41, 5.74) is 1.76. The van der Waals surface area contributed by atoms with E-state index in [-0.39, 0.29) is 22.8 Å². The summed E-state index contributed by atoms with van der Waals surface area (Å²) in [7, 11) is 0. The highest BCUT2D eigenvalue weighted by molar-refractivity contribution is 6.52. The smallest absolute Gasteiger partial charge is 0.300 e. The number of rotatable bonds is 5. The molecule has 2 aliphatic rings. The Morgan fingerprint density at radius 1 is 1.05 bits per heavy atom. The van der Waals surface area contributed by atoms with Gasteiger partial charge in [-0.15, -0.1) is 0 Å². The molecule has 9 heteroatoms. The normalized spacial score (nSPS) is 18.2. The second-order valence-corrected chi connectivity index (χ2v) is 9.05. The molecule has 2 aliphatic heterocycles. The fraction of sp³-hybridized carbons (Fsp3) is 0.214. The van der Waals surface area contributed by atoms with E-state index in [0.29, 0.717) is 58.7 Å². The minimum absolute atomic E-state index is 0.0895. The van der Waals surface area contributed by atoms with Crippen molar-refractivity contribution in [2.24, 2.45) is 0 Å². The first-order valence-corrected chi connectivity index (χ1v) is 12.1. The third-order valence-corrected chi connectivity index (χ3v) is 6.53. The Hall–Kier alpha value is -4.17.